The number of rotatable bonds is 8. The zero-order chi connectivity index (χ0) is 15.2. The molecule has 0 radical (unpaired) electrons. The molecule has 1 aliphatic rings. The minimum atomic E-state index is -0.921. The van der Waals surface area contributed by atoms with Crippen LogP contribution in [0, 0.1) is 5.92 Å². The highest BCUT2D eigenvalue weighted by atomic mass is 16.5. The molecule has 1 aromatic rings. The number of carbonyl (C=O) groups is 1. The van der Waals surface area contributed by atoms with Crippen molar-refractivity contribution in [3.63, 3.8) is 0 Å². The van der Waals surface area contributed by atoms with Crippen molar-refractivity contribution in [3.8, 4) is 0 Å². The Kier molecular flexibility index (Phi) is 5.56. The summed E-state index contributed by atoms with van der Waals surface area (Å²) in [6.07, 6.45) is 3.78. The second-order valence-electron chi connectivity index (χ2n) is 5.90. The highest BCUT2D eigenvalue weighted by molar-refractivity contribution is 5.93. The number of carboxylic acids is 1. The number of aromatic nitrogens is 1. The van der Waals surface area contributed by atoms with Crippen molar-refractivity contribution in [1.82, 2.24) is 4.98 Å². The number of ether oxygens (including phenoxy) is 1. The monoisotopic (exact) mass is 292 g/mol. The van der Waals surface area contributed by atoms with E-state index in [0.29, 0.717) is 24.9 Å². The maximum absolute atomic E-state index is 11.3. The van der Waals surface area contributed by atoms with Crippen molar-refractivity contribution in [1.29, 1.82) is 0 Å². The fraction of sp³-hybridized carbons (Fsp3) is 0.625. The van der Waals surface area contributed by atoms with Crippen molar-refractivity contribution < 1.29 is 14.6 Å². The Bertz CT molecular complexity index is 501. The molecule has 0 saturated heterocycles. The van der Waals surface area contributed by atoms with Crippen molar-refractivity contribution >= 4 is 11.8 Å². The average Bonchev–Trinajstić information content (AvgIpc) is 2.88. The molecule has 0 aliphatic heterocycles. The van der Waals surface area contributed by atoms with Crippen molar-refractivity contribution in [2.24, 2.45) is 5.92 Å². The summed E-state index contributed by atoms with van der Waals surface area (Å²) in [6.45, 7) is 6.35. The van der Waals surface area contributed by atoms with E-state index in [2.05, 4.69) is 24.1 Å². The second kappa shape index (κ2) is 7.41. The quantitative estimate of drug-likeness (QED) is 0.721. The Morgan fingerprint density at radius 1 is 1.48 bits per heavy atom. The molecule has 0 amide bonds. The fourth-order valence-corrected chi connectivity index (χ4v) is 2.47. The number of hydrogen-bond acceptors (Lipinski definition) is 4. The molecule has 5 heteroatoms. The third-order valence-corrected chi connectivity index (χ3v) is 3.49. The summed E-state index contributed by atoms with van der Waals surface area (Å²) in [5.41, 5.74) is 2.40. The van der Waals surface area contributed by atoms with Crippen LogP contribution in [0.5, 0.6) is 0 Å². The predicted octanol–water partition coefficient (Wildman–Crippen LogP) is 2.74. The lowest BCUT2D eigenvalue weighted by atomic mass is 10.1. The van der Waals surface area contributed by atoms with E-state index in [9.17, 15) is 9.90 Å². The zero-order valence-corrected chi connectivity index (χ0v) is 12.8. The SMILES string of the molecule is CC(C)COCCCNc1nc2c(cc1C(=O)O)CCC2. The van der Waals surface area contributed by atoms with Crippen LogP contribution < -0.4 is 5.32 Å². The minimum Gasteiger partial charge on any atom is -0.478 e. The summed E-state index contributed by atoms with van der Waals surface area (Å²) in [5, 5.41) is 12.4. The first-order chi connectivity index (χ1) is 10.1. The molecule has 1 aromatic heterocycles. The summed E-state index contributed by atoms with van der Waals surface area (Å²) in [4.78, 5) is 15.8. The smallest absolute Gasteiger partial charge is 0.339 e. The number of nitrogens with zero attached hydrogens (tertiary/aromatic N) is 1. The molecule has 1 heterocycles. The molecule has 0 bridgehead atoms. The standard InChI is InChI=1S/C16H24N2O3/c1-11(2)10-21-8-4-7-17-15-13(16(19)20)9-12-5-3-6-14(12)18-15/h9,11H,3-8,10H2,1-2H3,(H,17,18)(H,19,20). The molecule has 0 aromatic carbocycles. The van der Waals surface area contributed by atoms with Gasteiger partial charge >= 0.3 is 5.97 Å². The van der Waals surface area contributed by atoms with E-state index in [-0.39, 0.29) is 5.56 Å². The van der Waals surface area contributed by atoms with Gasteiger partial charge in [-0.05, 0) is 43.2 Å². The lowest BCUT2D eigenvalue weighted by molar-refractivity contribution is 0.0697. The van der Waals surface area contributed by atoms with Gasteiger partial charge in [0.25, 0.3) is 0 Å². The number of aromatic carboxylic acids is 1. The molecule has 21 heavy (non-hydrogen) atoms. The maximum atomic E-state index is 11.3. The summed E-state index contributed by atoms with van der Waals surface area (Å²) in [5.74, 6) is 0.109. The van der Waals surface area contributed by atoms with E-state index in [1.165, 1.54) is 0 Å². The first-order valence-electron chi connectivity index (χ1n) is 7.65. The summed E-state index contributed by atoms with van der Waals surface area (Å²) >= 11 is 0. The number of hydrogen-bond donors (Lipinski definition) is 2. The molecule has 0 unspecified atom stereocenters. The normalized spacial score (nSPS) is 13.5. The van der Waals surface area contributed by atoms with Crippen LogP contribution in [0.4, 0.5) is 5.82 Å². The van der Waals surface area contributed by atoms with Crippen LogP contribution in [0.3, 0.4) is 0 Å². The number of aryl methyl sites for hydroxylation is 2. The first-order valence-corrected chi connectivity index (χ1v) is 7.65. The maximum Gasteiger partial charge on any atom is 0.339 e. The first kappa shape index (κ1) is 15.8. The second-order valence-corrected chi connectivity index (χ2v) is 5.90. The van der Waals surface area contributed by atoms with Gasteiger partial charge in [-0.3, -0.25) is 0 Å². The van der Waals surface area contributed by atoms with Gasteiger partial charge < -0.3 is 15.2 Å². The van der Waals surface area contributed by atoms with Gasteiger partial charge in [0.05, 0.1) is 0 Å². The van der Waals surface area contributed by atoms with Gasteiger partial charge in [0.2, 0.25) is 0 Å². The molecule has 0 spiro atoms. The van der Waals surface area contributed by atoms with Gasteiger partial charge in [0, 0.05) is 25.5 Å². The molecule has 1 aliphatic carbocycles. The van der Waals surface area contributed by atoms with E-state index in [1.807, 2.05) is 0 Å². The summed E-state index contributed by atoms with van der Waals surface area (Å²) in [6, 6.07) is 1.77. The molecule has 0 saturated carbocycles. The molecular formula is C16H24N2O3. The van der Waals surface area contributed by atoms with Crippen LogP contribution >= 0.6 is 0 Å². The third kappa shape index (κ3) is 4.43. The lowest BCUT2D eigenvalue weighted by Gasteiger charge is -2.11. The van der Waals surface area contributed by atoms with E-state index in [1.54, 1.807) is 6.07 Å². The largest absolute Gasteiger partial charge is 0.478 e. The molecule has 5 nitrogen and oxygen atoms in total. The highest BCUT2D eigenvalue weighted by Crippen LogP contribution is 2.25. The number of pyridine rings is 1. The van der Waals surface area contributed by atoms with Gasteiger partial charge in [0.1, 0.15) is 11.4 Å². The topological polar surface area (TPSA) is 71.5 Å². The minimum absolute atomic E-state index is 0.277. The Morgan fingerprint density at radius 3 is 3.00 bits per heavy atom. The van der Waals surface area contributed by atoms with Crippen LogP contribution in [0.2, 0.25) is 0 Å². The van der Waals surface area contributed by atoms with Crippen LogP contribution in [0.15, 0.2) is 6.07 Å². The summed E-state index contributed by atoms with van der Waals surface area (Å²) < 4.78 is 5.51. The van der Waals surface area contributed by atoms with Crippen LogP contribution in [0.1, 0.15) is 48.3 Å². The summed E-state index contributed by atoms with van der Waals surface area (Å²) in [7, 11) is 0. The van der Waals surface area contributed by atoms with Gasteiger partial charge in [-0.15, -0.1) is 0 Å². The van der Waals surface area contributed by atoms with Crippen molar-refractivity contribution in [3.05, 3.63) is 22.9 Å². The molecule has 116 valence electrons. The Balaban J connectivity index is 1.89. The van der Waals surface area contributed by atoms with Crippen LogP contribution in [0.25, 0.3) is 0 Å². The van der Waals surface area contributed by atoms with E-state index in [4.69, 9.17) is 4.74 Å². The average molecular weight is 292 g/mol. The number of carboxylic acid groups (broad SMARTS) is 1. The van der Waals surface area contributed by atoms with Gasteiger partial charge in [-0.25, -0.2) is 9.78 Å². The Hall–Kier alpha value is -1.62. The zero-order valence-electron chi connectivity index (χ0n) is 12.8. The van der Waals surface area contributed by atoms with Crippen molar-refractivity contribution in [2.45, 2.75) is 39.5 Å². The lowest BCUT2D eigenvalue weighted by Crippen LogP contribution is -2.13. The van der Waals surface area contributed by atoms with E-state index >= 15 is 0 Å². The van der Waals surface area contributed by atoms with Gasteiger partial charge in [-0.2, -0.15) is 0 Å². The third-order valence-electron chi connectivity index (χ3n) is 3.49. The van der Waals surface area contributed by atoms with E-state index in [0.717, 1.165) is 43.5 Å². The molecule has 0 fully saturated rings. The van der Waals surface area contributed by atoms with Gasteiger partial charge in [0.15, 0.2) is 0 Å². The number of nitrogens with one attached hydrogen (secondary N) is 1. The molecule has 0 atom stereocenters. The number of anilines is 1. The predicted molar refractivity (Wildman–Crippen MR) is 82.0 cm³/mol. The van der Waals surface area contributed by atoms with Crippen molar-refractivity contribution in [2.75, 3.05) is 25.1 Å². The fourth-order valence-electron chi connectivity index (χ4n) is 2.47. The Morgan fingerprint density at radius 2 is 2.29 bits per heavy atom. The molecular weight excluding hydrogens is 268 g/mol. The number of fused-ring (bicyclic) bond motifs is 1. The molecule has 2 N–H and O–H groups in total. The van der Waals surface area contributed by atoms with Crippen LogP contribution in [-0.4, -0.2) is 35.8 Å². The van der Waals surface area contributed by atoms with Gasteiger partial charge in [-0.1, -0.05) is 13.8 Å². The molecule has 2 rings (SSSR count). The van der Waals surface area contributed by atoms with E-state index < -0.39 is 5.97 Å². The Labute approximate surface area is 125 Å². The highest BCUT2D eigenvalue weighted by Gasteiger charge is 2.19. The van der Waals surface area contributed by atoms with Crippen LogP contribution in [-0.2, 0) is 17.6 Å².